The van der Waals surface area contributed by atoms with Crippen molar-refractivity contribution in [1.29, 1.82) is 0 Å². The van der Waals surface area contributed by atoms with Gasteiger partial charge in [0, 0.05) is 0 Å². The first-order valence-corrected chi connectivity index (χ1v) is 8.56. The van der Waals surface area contributed by atoms with Gasteiger partial charge in [-0.25, -0.2) is 9.48 Å². The first kappa shape index (κ1) is 17.1. The summed E-state index contributed by atoms with van der Waals surface area (Å²) < 4.78 is 1.66. The van der Waals surface area contributed by atoms with Crippen LogP contribution in [0.1, 0.15) is 22.5 Å². The fourth-order valence-electron chi connectivity index (χ4n) is 2.19. The van der Waals surface area contributed by atoms with E-state index in [0.717, 1.165) is 5.69 Å². The molecule has 1 unspecified atom stereocenters. The standard InChI is InChI=1S/C16H19N3O3S/c1-11-13(10-17-19(11)12-6-4-3-5-7-12)15(20)18-14(16(21)22)8-9-23-2/h3-7,10,14H,8-9H2,1-2H3,(H,18,20)(H,21,22). The molecule has 1 heterocycles. The number of amides is 1. The van der Waals surface area contributed by atoms with Crippen LogP contribution in [0.25, 0.3) is 5.69 Å². The van der Waals surface area contributed by atoms with E-state index < -0.39 is 17.9 Å². The van der Waals surface area contributed by atoms with Crippen molar-refractivity contribution in [1.82, 2.24) is 15.1 Å². The number of hydrogen-bond acceptors (Lipinski definition) is 4. The maximum atomic E-state index is 12.4. The molecule has 0 aliphatic rings. The lowest BCUT2D eigenvalue weighted by molar-refractivity contribution is -0.139. The number of nitrogens with zero attached hydrogens (tertiary/aromatic N) is 2. The Labute approximate surface area is 138 Å². The number of carbonyl (C=O) groups excluding carboxylic acids is 1. The molecule has 23 heavy (non-hydrogen) atoms. The van der Waals surface area contributed by atoms with E-state index >= 15 is 0 Å². The maximum absolute atomic E-state index is 12.4. The van der Waals surface area contributed by atoms with Crippen molar-refractivity contribution >= 4 is 23.6 Å². The summed E-state index contributed by atoms with van der Waals surface area (Å²) in [6.45, 7) is 1.78. The fourth-order valence-corrected chi connectivity index (χ4v) is 2.66. The fraction of sp³-hybridized carbons (Fsp3) is 0.312. The lowest BCUT2D eigenvalue weighted by atomic mass is 10.2. The first-order valence-electron chi connectivity index (χ1n) is 7.17. The van der Waals surface area contributed by atoms with Crippen molar-refractivity contribution in [3.05, 3.63) is 47.8 Å². The van der Waals surface area contributed by atoms with Crippen molar-refractivity contribution < 1.29 is 14.7 Å². The minimum absolute atomic E-state index is 0.379. The van der Waals surface area contributed by atoms with Crippen LogP contribution in [0.2, 0.25) is 0 Å². The molecule has 2 rings (SSSR count). The molecule has 0 aliphatic carbocycles. The molecule has 1 atom stereocenters. The molecule has 122 valence electrons. The zero-order valence-electron chi connectivity index (χ0n) is 13.0. The van der Waals surface area contributed by atoms with Gasteiger partial charge >= 0.3 is 5.97 Å². The third-order valence-electron chi connectivity index (χ3n) is 3.47. The second-order valence-corrected chi connectivity index (χ2v) is 6.02. The summed E-state index contributed by atoms with van der Waals surface area (Å²) in [7, 11) is 0. The number of carboxylic acids is 1. The number of hydrogen-bond donors (Lipinski definition) is 2. The molecule has 0 aliphatic heterocycles. The minimum Gasteiger partial charge on any atom is -0.480 e. The second kappa shape index (κ2) is 7.82. The molecule has 0 spiro atoms. The van der Waals surface area contributed by atoms with Crippen molar-refractivity contribution in [2.75, 3.05) is 12.0 Å². The highest BCUT2D eigenvalue weighted by molar-refractivity contribution is 7.98. The Morgan fingerprint density at radius 1 is 1.35 bits per heavy atom. The lowest BCUT2D eigenvalue weighted by Crippen LogP contribution is -2.41. The third kappa shape index (κ3) is 4.13. The van der Waals surface area contributed by atoms with Crippen molar-refractivity contribution in [2.45, 2.75) is 19.4 Å². The van der Waals surface area contributed by atoms with Crippen LogP contribution in [0, 0.1) is 6.92 Å². The van der Waals surface area contributed by atoms with E-state index in [-0.39, 0.29) is 0 Å². The van der Waals surface area contributed by atoms with Crippen LogP contribution in [0.15, 0.2) is 36.5 Å². The topological polar surface area (TPSA) is 84.2 Å². The molecule has 1 aromatic carbocycles. The number of para-hydroxylation sites is 1. The summed E-state index contributed by atoms with van der Waals surface area (Å²) in [5, 5.41) is 16.0. The van der Waals surface area contributed by atoms with Gasteiger partial charge in [0.2, 0.25) is 0 Å². The Hall–Kier alpha value is -2.28. The Bertz CT molecular complexity index is 685. The molecular formula is C16H19N3O3S. The molecule has 7 heteroatoms. The quantitative estimate of drug-likeness (QED) is 0.811. The molecule has 0 bridgehead atoms. The average Bonchev–Trinajstić information content (AvgIpc) is 2.93. The molecule has 1 aromatic heterocycles. The van der Waals surface area contributed by atoms with Crippen LogP contribution in [0.4, 0.5) is 0 Å². The van der Waals surface area contributed by atoms with Crippen LogP contribution in [-0.4, -0.2) is 44.8 Å². The van der Waals surface area contributed by atoms with Gasteiger partial charge in [-0.05, 0) is 37.5 Å². The number of nitrogens with one attached hydrogen (secondary N) is 1. The van der Waals surface area contributed by atoms with Gasteiger partial charge in [0.1, 0.15) is 6.04 Å². The SMILES string of the molecule is CSCCC(NC(=O)c1cnn(-c2ccccc2)c1C)C(=O)O. The van der Waals surface area contributed by atoms with Gasteiger partial charge in [-0.2, -0.15) is 16.9 Å². The normalized spacial score (nSPS) is 11.9. The van der Waals surface area contributed by atoms with E-state index in [4.69, 9.17) is 0 Å². The highest BCUT2D eigenvalue weighted by Gasteiger charge is 2.22. The summed E-state index contributed by atoms with van der Waals surface area (Å²) in [4.78, 5) is 23.6. The van der Waals surface area contributed by atoms with Gasteiger partial charge in [-0.1, -0.05) is 18.2 Å². The van der Waals surface area contributed by atoms with Gasteiger partial charge in [0.15, 0.2) is 0 Å². The van der Waals surface area contributed by atoms with Gasteiger partial charge in [0.25, 0.3) is 5.91 Å². The number of carboxylic acid groups (broad SMARTS) is 1. The summed E-state index contributed by atoms with van der Waals surface area (Å²) >= 11 is 1.54. The Kier molecular flexibility index (Phi) is 5.81. The Morgan fingerprint density at radius 3 is 2.65 bits per heavy atom. The summed E-state index contributed by atoms with van der Waals surface area (Å²) in [5.41, 5.74) is 1.90. The van der Waals surface area contributed by atoms with E-state index in [1.807, 2.05) is 36.6 Å². The number of rotatable bonds is 7. The molecule has 0 radical (unpaired) electrons. The van der Waals surface area contributed by atoms with Crippen molar-refractivity contribution in [2.24, 2.45) is 0 Å². The summed E-state index contributed by atoms with van der Waals surface area (Å²) in [6.07, 6.45) is 3.74. The highest BCUT2D eigenvalue weighted by Crippen LogP contribution is 2.14. The predicted molar refractivity (Wildman–Crippen MR) is 90.2 cm³/mol. The van der Waals surface area contributed by atoms with E-state index in [9.17, 15) is 14.7 Å². The van der Waals surface area contributed by atoms with Gasteiger partial charge in [0.05, 0.1) is 23.1 Å². The maximum Gasteiger partial charge on any atom is 0.326 e. The summed E-state index contributed by atoms with van der Waals surface area (Å²) in [6, 6.07) is 8.56. The van der Waals surface area contributed by atoms with Gasteiger partial charge < -0.3 is 10.4 Å². The molecule has 0 saturated carbocycles. The van der Waals surface area contributed by atoms with Crippen LogP contribution in [0.3, 0.4) is 0 Å². The van der Waals surface area contributed by atoms with E-state index in [1.165, 1.54) is 6.20 Å². The average molecular weight is 333 g/mol. The Morgan fingerprint density at radius 2 is 2.04 bits per heavy atom. The number of thioether (sulfide) groups is 1. The molecule has 6 nitrogen and oxygen atoms in total. The monoisotopic (exact) mass is 333 g/mol. The lowest BCUT2D eigenvalue weighted by Gasteiger charge is -2.13. The molecule has 0 saturated heterocycles. The number of aromatic nitrogens is 2. The smallest absolute Gasteiger partial charge is 0.326 e. The van der Waals surface area contributed by atoms with Crippen molar-refractivity contribution in [3.63, 3.8) is 0 Å². The van der Waals surface area contributed by atoms with Crippen LogP contribution in [0.5, 0.6) is 0 Å². The van der Waals surface area contributed by atoms with Gasteiger partial charge in [-0.3, -0.25) is 4.79 Å². The molecule has 2 N–H and O–H groups in total. The Balaban J connectivity index is 2.17. The molecule has 1 amide bonds. The van der Waals surface area contributed by atoms with Crippen LogP contribution in [-0.2, 0) is 4.79 Å². The molecule has 2 aromatic rings. The minimum atomic E-state index is -1.03. The first-order chi connectivity index (χ1) is 11.0. The third-order valence-corrected chi connectivity index (χ3v) is 4.11. The summed E-state index contributed by atoms with van der Waals surface area (Å²) in [5.74, 6) is -0.779. The number of aliphatic carboxylic acids is 1. The molecular weight excluding hydrogens is 314 g/mol. The highest BCUT2D eigenvalue weighted by atomic mass is 32.2. The van der Waals surface area contributed by atoms with Gasteiger partial charge in [-0.15, -0.1) is 0 Å². The predicted octanol–water partition coefficient (Wildman–Crippen LogP) is 2.12. The molecule has 0 fully saturated rings. The van der Waals surface area contributed by atoms with E-state index in [0.29, 0.717) is 23.4 Å². The van der Waals surface area contributed by atoms with E-state index in [1.54, 1.807) is 23.4 Å². The van der Waals surface area contributed by atoms with E-state index in [2.05, 4.69) is 10.4 Å². The largest absolute Gasteiger partial charge is 0.480 e. The number of carbonyl (C=O) groups is 2. The second-order valence-electron chi connectivity index (χ2n) is 5.04. The number of benzene rings is 1. The van der Waals surface area contributed by atoms with Crippen LogP contribution >= 0.6 is 11.8 Å². The van der Waals surface area contributed by atoms with Crippen molar-refractivity contribution in [3.8, 4) is 5.69 Å². The zero-order valence-corrected chi connectivity index (χ0v) is 13.8. The zero-order chi connectivity index (χ0) is 16.8. The van der Waals surface area contributed by atoms with Crippen LogP contribution < -0.4 is 5.32 Å².